The van der Waals surface area contributed by atoms with E-state index in [1.54, 1.807) is 29.6 Å². The van der Waals surface area contributed by atoms with Crippen LogP contribution in [0.3, 0.4) is 0 Å². The molecule has 0 aliphatic rings. The lowest BCUT2D eigenvalue weighted by Gasteiger charge is -2.07. The summed E-state index contributed by atoms with van der Waals surface area (Å²) >= 11 is 1.21. The lowest BCUT2D eigenvalue weighted by atomic mass is 10.2. The van der Waals surface area contributed by atoms with E-state index in [-0.39, 0.29) is 5.91 Å². The summed E-state index contributed by atoms with van der Waals surface area (Å²) in [7, 11) is 0. The fourth-order valence-electron chi connectivity index (χ4n) is 2.53. The minimum Gasteiger partial charge on any atom is -0.494 e. The summed E-state index contributed by atoms with van der Waals surface area (Å²) in [5.41, 5.74) is 1.39. The third kappa shape index (κ3) is 5.13. The zero-order chi connectivity index (χ0) is 19.9. The number of unbranched alkanes of at least 4 members (excludes halogenated alkanes) is 2. The highest BCUT2D eigenvalue weighted by atomic mass is 32.1. The van der Waals surface area contributed by atoms with Crippen LogP contribution in [-0.2, 0) is 0 Å². The van der Waals surface area contributed by atoms with Crippen LogP contribution in [-0.4, -0.2) is 17.5 Å². The van der Waals surface area contributed by atoms with Crippen LogP contribution >= 0.6 is 11.3 Å². The number of hydrogen-bond donors (Lipinski definition) is 1. The van der Waals surface area contributed by atoms with E-state index in [2.05, 4.69) is 17.2 Å². The quantitative estimate of drug-likeness (QED) is 0.477. The molecule has 3 aromatic rings. The monoisotopic (exact) mass is 402 g/mol. The molecule has 0 saturated heterocycles. The van der Waals surface area contributed by atoms with Gasteiger partial charge in [-0.1, -0.05) is 19.8 Å². The van der Waals surface area contributed by atoms with E-state index in [1.807, 2.05) is 0 Å². The molecule has 0 atom stereocenters. The summed E-state index contributed by atoms with van der Waals surface area (Å²) < 4.78 is 32.1. The van der Waals surface area contributed by atoms with E-state index in [1.165, 1.54) is 17.4 Å². The van der Waals surface area contributed by atoms with Crippen LogP contribution in [0.4, 0.5) is 13.9 Å². The maximum Gasteiger partial charge on any atom is 0.257 e. The molecule has 4 nitrogen and oxygen atoms in total. The second-order valence-corrected chi connectivity index (χ2v) is 7.06. The Hall–Kier alpha value is -2.80. The van der Waals surface area contributed by atoms with Gasteiger partial charge in [0, 0.05) is 16.5 Å². The number of nitrogens with zero attached hydrogens (tertiary/aromatic N) is 1. The molecule has 1 aromatic heterocycles. The molecule has 146 valence electrons. The Morgan fingerprint density at radius 3 is 2.61 bits per heavy atom. The molecular weight excluding hydrogens is 382 g/mol. The number of amides is 1. The standard InChI is InChI=1S/C21H20F2N2O2S/c1-2-3-4-11-27-16-8-5-14(6-9-16)20(26)25-21-24-19(13-28-21)15-7-10-17(22)18(23)12-15/h5-10,12-13H,2-4,11H2,1H3,(H,24,25,26). The predicted molar refractivity (Wildman–Crippen MR) is 107 cm³/mol. The van der Waals surface area contributed by atoms with Crippen molar-refractivity contribution in [3.8, 4) is 17.0 Å². The van der Waals surface area contributed by atoms with Gasteiger partial charge in [0.1, 0.15) is 5.75 Å². The number of carbonyl (C=O) groups is 1. The van der Waals surface area contributed by atoms with Gasteiger partial charge in [0.15, 0.2) is 16.8 Å². The minimum absolute atomic E-state index is 0.302. The number of aromatic nitrogens is 1. The van der Waals surface area contributed by atoms with Crippen LogP contribution in [0, 0.1) is 11.6 Å². The summed E-state index contributed by atoms with van der Waals surface area (Å²) in [5.74, 6) is -1.43. The fourth-order valence-corrected chi connectivity index (χ4v) is 3.25. The molecule has 0 bridgehead atoms. The van der Waals surface area contributed by atoms with E-state index in [0.717, 1.165) is 37.1 Å². The van der Waals surface area contributed by atoms with Crippen molar-refractivity contribution < 1.29 is 18.3 Å². The normalized spacial score (nSPS) is 10.7. The zero-order valence-corrected chi connectivity index (χ0v) is 16.2. The Morgan fingerprint density at radius 1 is 1.11 bits per heavy atom. The lowest BCUT2D eigenvalue weighted by Crippen LogP contribution is -2.11. The maximum absolute atomic E-state index is 13.4. The Kier molecular flexibility index (Phi) is 6.71. The highest BCUT2D eigenvalue weighted by molar-refractivity contribution is 7.14. The van der Waals surface area contributed by atoms with Crippen LogP contribution in [0.2, 0.25) is 0 Å². The summed E-state index contributed by atoms with van der Waals surface area (Å²) in [5, 5.41) is 4.77. The Bertz CT molecular complexity index is 942. The SMILES string of the molecule is CCCCCOc1ccc(C(=O)Nc2nc(-c3ccc(F)c(F)c3)cs2)cc1. The van der Waals surface area contributed by atoms with E-state index in [4.69, 9.17) is 4.74 Å². The highest BCUT2D eigenvalue weighted by Crippen LogP contribution is 2.26. The fraction of sp³-hybridized carbons (Fsp3) is 0.238. The zero-order valence-electron chi connectivity index (χ0n) is 15.4. The lowest BCUT2D eigenvalue weighted by molar-refractivity contribution is 0.102. The first-order valence-electron chi connectivity index (χ1n) is 9.02. The minimum atomic E-state index is -0.937. The van der Waals surface area contributed by atoms with E-state index < -0.39 is 11.6 Å². The van der Waals surface area contributed by atoms with Gasteiger partial charge in [0.25, 0.3) is 5.91 Å². The van der Waals surface area contributed by atoms with E-state index >= 15 is 0 Å². The third-order valence-corrected chi connectivity index (χ3v) is 4.83. The summed E-state index contributed by atoms with van der Waals surface area (Å²) in [6.07, 6.45) is 3.26. The molecule has 2 aromatic carbocycles. The van der Waals surface area contributed by atoms with Gasteiger partial charge in [-0.3, -0.25) is 10.1 Å². The molecule has 1 amide bonds. The van der Waals surface area contributed by atoms with E-state index in [0.29, 0.717) is 28.6 Å². The molecule has 0 radical (unpaired) electrons. The molecule has 0 spiro atoms. The molecule has 1 heterocycles. The molecule has 28 heavy (non-hydrogen) atoms. The highest BCUT2D eigenvalue weighted by Gasteiger charge is 2.12. The average molecular weight is 402 g/mol. The van der Waals surface area contributed by atoms with Gasteiger partial charge >= 0.3 is 0 Å². The Balaban J connectivity index is 1.60. The van der Waals surface area contributed by atoms with Gasteiger partial charge in [-0.25, -0.2) is 13.8 Å². The first-order valence-corrected chi connectivity index (χ1v) is 9.90. The maximum atomic E-state index is 13.4. The number of rotatable bonds is 8. The molecule has 0 aliphatic carbocycles. The predicted octanol–water partition coefficient (Wildman–Crippen LogP) is 5.91. The number of nitrogens with one attached hydrogen (secondary N) is 1. The largest absolute Gasteiger partial charge is 0.494 e. The first-order chi connectivity index (χ1) is 13.6. The molecule has 7 heteroatoms. The van der Waals surface area contributed by atoms with Crippen molar-refractivity contribution in [3.05, 3.63) is 65.0 Å². The molecule has 0 unspecified atom stereocenters. The average Bonchev–Trinajstić information content (AvgIpc) is 3.16. The Labute approximate surface area is 166 Å². The number of ether oxygens (including phenoxy) is 1. The topological polar surface area (TPSA) is 51.2 Å². The Morgan fingerprint density at radius 2 is 1.89 bits per heavy atom. The van der Waals surface area contributed by atoms with Crippen LogP contribution in [0.5, 0.6) is 5.75 Å². The van der Waals surface area contributed by atoms with Crippen LogP contribution in [0.25, 0.3) is 11.3 Å². The number of anilines is 1. The van der Waals surface area contributed by atoms with E-state index in [9.17, 15) is 13.6 Å². The van der Waals surface area contributed by atoms with Crippen molar-refractivity contribution in [2.24, 2.45) is 0 Å². The molecule has 0 aliphatic heterocycles. The molecule has 1 N–H and O–H groups in total. The van der Waals surface area contributed by atoms with Gasteiger partial charge < -0.3 is 4.74 Å². The van der Waals surface area contributed by atoms with Crippen LogP contribution in [0.1, 0.15) is 36.5 Å². The third-order valence-electron chi connectivity index (χ3n) is 4.07. The second kappa shape index (κ2) is 9.41. The number of hydrogen-bond acceptors (Lipinski definition) is 4. The van der Waals surface area contributed by atoms with Gasteiger partial charge in [-0.2, -0.15) is 0 Å². The molecule has 0 saturated carbocycles. The smallest absolute Gasteiger partial charge is 0.257 e. The molecular formula is C21H20F2N2O2S. The van der Waals surface area contributed by atoms with Gasteiger partial charge in [-0.15, -0.1) is 11.3 Å². The van der Waals surface area contributed by atoms with Crippen LogP contribution < -0.4 is 10.1 Å². The van der Waals surface area contributed by atoms with Crippen molar-refractivity contribution >= 4 is 22.4 Å². The van der Waals surface area contributed by atoms with Crippen molar-refractivity contribution in [2.45, 2.75) is 26.2 Å². The summed E-state index contributed by atoms with van der Waals surface area (Å²) in [6, 6.07) is 10.5. The number of thiazole rings is 1. The molecule has 0 fully saturated rings. The second-order valence-electron chi connectivity index (χ2n) is 6.20. The summed E-state index contributed by atoms with van der Waals surface area (Å²) in [6.45, 7) is 2.79. The van der Waals surface area contributed by atoms with Gasteiger partial charge in [0.05, 0.1) is 12.3 Å². The van der Waals surface area contributed by atoms with Crippen LogP contribution in [0.15, 0.2) is 47.8 Å². The van der Waals surface area contributed by atoms with Crippen molar-refractivity contribution in [2.75, 3.05) is 11.9 Å². The van der Waals surface area contributed by atoms with Crippen molar-refractivity contribution in [1.82, 2.24) is 4.98 Å². The molecule has 3 rings (SSSR count). The number of carbonyl (C=O) groups excluding carboxylic acids is 1. The van der Waals surface area contributed by atoms with Crippen molar-refractivity contribution in [1.29, 1.82) is 0 Å². The number of halogens is 2. The van der Waals surface area contributed by atoms with Gasteiger partial charge in [-0.05, 0) is 48.9 Å². The summed E-state index contributed by atoms with van der Waals surface area (Å²) in [4.78, 5) is 16.6. The van der Waals surface area contributed by atoms with Gasteiger partial charge in [0.2, 0.25) is 0 Å². The number of benzene rings is 2. The van der Waals surface area contributed by atoms with Crippen molar-refractivity contribution in [3.63, 3.8) is 0 Å². The first kappa shape index (κ1) is 19.9.